The highest BCUT2D eigenvalue weighted by Crippen LogP contribution is 2.21. The Balaban J connectivity index is 1.55. The number of halogens is 1. The number of carbonyl (C=O) groups is 2. The summed E-state index contributed by atoms with van der Waals surface area (Å²) in [6.45, 7) is 0. The fraction of sp³-hybridized carbons (Fsp3) is 0.0909. The number of hydrogen-bond donors (Lipinski definition) is 3. The number of carbonyl (C=O) groups excluding carboxylic acids is 2. The first-order valence-corrected chi connectivity index (χ1v) is 9.63. The zero-order valence-electron chi connectivity index (χ0n) is 15.8. The van der Waals surface area contributed by atoms with E-state index in [1.54, 1.807) is 48.8 Å². The molecule has 0 spiro atoms. The van der Waals surface area contributed by atoms with Crippen molar-refractivity contribution < 1.29 is 9.59 Å². The van der Waals surface area contributed by atoms with Gasteiger partial charge in [-0.15, -0.1) is 0 Å². The van der Waals surface area contributed by atoms with Crippen molar-refractivity contribution in [1.82, 2.24) is 20.3 Å². The average Bonchev–Trinajstić information content (AvgIpc) is 3.18. The van der Waals surface area contributed by atoms with Gasteiger partial charge in [-0.2, -0.15) is 0 Å². The highest BCUT2D eigenvalue weighted by Gasteiger charge is 2.21. The summed E-state index contributed by atoms with van der Waals surface area (Å²) >= 11 is 6.16. The summed E-state index contributed by atoms with van der Waals surface area (Å²) in [7, 11) is 0. The molecule has 150 valence electrons. The number of fused-ring (bicyclic) bond motifs is 1. The van der Waals surface area contributed by atoms with Gasteiger partial charge in [0.2, 0.25) is 5.91 Å². The molecule has 2 aromatic carbocycles. The monoisotopic (exact) mass is 419 g/mol. The molecule has 0 aliphatic heterocycles. The lowest BCUT2D eigenvalue weighted by Crippen LogP contribution is -2.45. The fourth-order valence-electron chi connectivity index (χ4n) is 3.15. The molecule has 0 aliphatic carbocycles. The average molecular weight is 420 g/mol. The minimum atomic E-state index is -0.887. The van der Waals surface area contributed by atoms with E-state index in [0.717, 1.165) is 16.6 Å². The SMILES string of the molecule is NC(=O)C(Cc1ccccc1Cl)NC(=O)c1ccc2nc(-c3ccncc3)[nH]c2c1. The molecule has 1 atom stereocenters. The first kappa shape index (κ1) is 19.6. The van der Waals surface area contributed by atoms with Crippen molar-refractivity contribution in [3.8, 4) is 11.4 Å². The third kappa shape index (κ3) is 4.16. The Morgan fingerprint density at radius 3 is 2.60 bits per heavy atom. The summed E-state index contributed by atoms with van der Waals surface area (Å²) in [5.41, 5.74) is 8.94. The van der Waals surface area contributed by atoms with Crippen LogP contribution in [0.2, 0.25) is 5.02 Å². The van der Waals surface area contributed by atoms with Gasteiger partial charge in [-0.05, 0) is 42.0 Å². The third-order valence-corrected chi connectivity index (χ3v) is 5.10. The smallest absolute Gasteiger partial charge is 0.252 e. The lowest BCUT2D eigenvalue weighted by molar-refractivity contribution is -0.119. The van der Waals surface area contributed by atoms with Crippen LogP contribution in [0.1, 0.15) is 15.9 Å². The number of aromatic amines is 1. The number of nitrogens with two attached hydrogens (primary N) is 1. The van der Waals surface area contributed by atoms with Crippen LogP contribution in [0.5, 0.6) is 0 Å². The Bertz CT molecular complexity index is 1220. The number of H-pyrrole nitrogens is 1. The standard InChI is InChI=1S/C22H18ClN5O2/c23-16-4-2-1-3-14(16)11-19(20(24)29)28-22(30)15-5-6-17-18(12-15)27-21(26-17)13-7-9-25-10-8-13/h1-10,12,19H,11H2,(H2,24,29)(H,26,27)(H,28,30). The number of nitrogens with zero attached hydrogens (tertiary/aromatic N) is 2. The first-order chi connectivity index (χ1) is 14.5. The van der Waals surface area contributed by atoms with Crippen molar-refractivity contribution in [1.29, 1.82) is 0 Å². The number of hydrogen-bond acceptors (Lipinski definition) is 4. The molecule has 2 aromatic heterocycles. The molecule has 0 radical (unpaired) electrons. The van der Waals surface area contributed by atoms with Crippen LogP contribution < -0.4 is 11.1 Å². The molecule has 7 nitrogen and oxygen atoms in total. The largest absolute Gasteiger partial charge is 0.368 e. The maximum Gasteiger partial charge on any atom is 0.252 e. The van der Waals surface area contributed by atoms with E-state index in [1.807, 2.05) is 18.2 Å². The van der Waals surface area contributed by atoms with E-state index in [2.05, 4.69) is 20.3 Å². The molecule has 0 saturated carbocycles. The predicted molar refractivity (Wildman–Crippen MR) is 115 cm³/mol. The van der Waals surface area contributed by atoms with E-state index in [-0.39, 0.29) is 6.42 Å². The molecule has 1 unspecified atom stereocenters. The van der Waals surface area contributed by atoms with Crippen LogP contribution in [0, 0.1) is 0 Å². The van der Waals surface area contributed by atoms with Crippen molar-refractivity contribution in [2.45, 2.75) is 12.5 Å². The Hall–Kier alpha value is -3.71. The molecule has 4 N–H and O–H groups in total. The summed E-state index contributed by atoms with van der Waals surface area (Å²) in [6, 6.07) is 15.0. The number of pyridine rings is 1. The zero-order valence-corrected chi connectivity index (χ0v) is 16.6. The number of imidazole rings is 1. The summed E-state index contributed by atoms with van der Waals surface area (Å²) in [5, 5.41) is 3.21. The van der Waals surface area contributed by atoms with Crippen LogP contribution in [0.4, 0.5) is 0 Å². The van der Waals surface area contributed by atoms with Crippen LogP contribution in [0.25, 0.3) is 22.4 Å². The van der Waals surface area contributed by atoms with Crippen molar-refractivity contribution in [2.24, 2.45) is 5.73 Å². The lowest BCUT2D eigenvalue weighted by atomic mass is 10.0. The van der Waals surface area contributed by atoms with Crippen LogP contribution >= 0.6 is 11.6 Å². The van der Waals surface area contributed by atoms with E-state index in [9.17, 15) is 9.59 Å². The molecule has 0 saturated heterocycles. The maximum atomic E-state index is 12.8. The summed E-state index contributed by atoms with van der Waals surface area (Å²) < 4.78 is 0. The molecule has 2 amide bonds. The number of amides is 2. The molecule has 2 heterocycles. The number of rotatable bonds is 6. The molecule has 0 bridgehead atoms. The normalized spacial score (nSPS) is 11.9. The molecule has 30 heavy (non-hydrogen) atoms. The van der Waals surface area contributed by atoms with Gasteiger partial charge in [0.1, 0.15) is 11.9 Å². The second-order valence-corrected chi connectivity index (χ2v) is 7.18. The van der Waals surface area contributed by atoms with Crippen LogP contribution in [-0.2, 0) is 11.2 Å². The quantitative estimate of drug-likeness (QED) is 0.445. The maximum absolute atomic E-state index is 12.8. The van der Waals surface area contributed by atoms with Gasteiger partial charge >= 0.3 is 0 Å². The third-order valence-electron chi connectivity index (χ3n) is 4.73. The molecular formula is C22H18ClN5O2. The highest BCUT2D eigenvalue weighted by molar-refractivity contribution is 6.31. The van der Waals surface area contributed by atoms with Crippen LogP contribution in [-0.4, -0.2) is 32.8 Å². The van der Waals surface area contributed by atoms with Gasteiger partial charge in [-0.1, -0.05) is 29.8 Å². The van der Waals surface area contributed by atoms with Crippen LogP contribution in [0.3, 0.4) is 0 Å². The Labute approximate surface area is 177 Å². The van der Waals surface area contributed by atoms with Gasteiger partial charge < -0.3 is 16.0 Å². The van der Waals surface area contributed by atoms with E-state index in [0.29, 0.717) is 21.9 Å². The molecular weight excluding hydrogens is 402 g/mol. The van der Waals surface area contributed by atoms with E-state index in [1.165, 1.54) is 0 Å². The molecule has 0 fully saturated rings. The molecule has 0 aliphatic rings. The second kappa shape index (κ2) is 8.34. The van der Waals surface area contributed by atoms with Crippen molar-refractivity contribution in [3.63, 3.8) is 0 Å². The zero-order chi connectivity index (χ0) is 21.1. The van der Waals surface area contributed by atoms with Crippen molar-refractivity contribution >= 4 is 34.4 Å². The van der Waals surface area contributed by atoms with Crippen LogP contribution in [0.15, 0.2) is 67.0 Å². The number of aromatic nitrogens is 3. The van der Waals surface area contributed by atoms with Gasteiger partial charge in [-0.3, -0.25) is 14.6 Å². The minimum Gasteiger partial charge on any atom is -0.368 e. The fourth-order valence-corrected chi connectivity index (χ4v) is 3.36. The number of primary amides is 1. The highest BCUT2D eigenvalue weighted by atomic mass is 35.5. The molecule has 8 heteroatoms. The number of nitrogens with one attached hydrogen (secondary N) is 2. The lowest BCUT2D eigenvalue weighted by Gasteiger charge is -2.16. The van der Waals surface area contributed by atoms with E-state index >= 15 is 0 Å². The van der Waals surface area contributed by atoms with Gasteiger partial charge in [0.15, 0.2) is 0 Å². The second-order valence-electron chi connectivity index (χ2n) is 6.78. The molecule has 4 aromatic rings. The van der Waals surface area contributed by atoms with E-state index < -0.39 is 17.9 Å². The Morgan fingerprint density at radius 2 is 1.87 bits per heavy atom. The van der Waals surface area contributed by atoms with E-state index in [4.69, 9.17) is 17.3 Å². The Morgan fingerprint density at radius 1 is 1.10 bits per heavy atom. The molecule has 4 rings (SSSR count). The van der Waals surface area contributed by atoms with Gasteiger partial charge in [0.05, 0.1) is 11.0 Å². The van der Waals surface area contributed by atoms with Gasteiger partial charge in [-0.25, -0.2) is 4.98 Å². The first-order valence-electron chi connectivity index (χ1n) is 9.25. The van der Waals surface area contributed by atoms with Gasteiger partial charge in [0.25, 0.3) is 5.91 Å². The topological polar surface area (TPSA) is 114 Å². The van der Waals surface area contributed by atoms with Crippen molar-refractivity contribution in [2.75, 3.05) is 0 Å². The summed E-state index contributed by atoms with van der Waals surface area (Å²) in [4.78, 5) is 36.4. The minimum absolute atomic E-state index is 0.208. The van der Waals surface area contributed by atoms with Gasteiger partial charge in [0, 0.05) is 35.0 Å². The predicted octanol–water partition coefficient (Wildman–Crippen LogP) is 3.10. The van der Waals surface area contributed by atoms with Crippen molar-refractivity contribution in [3.05, 3.63) is 83.1 Å². The number of benzene rings is 2. The Kier molecular flexibility index (Phi) is 5.45. The summed E-state index contributed by atoms with van der Waals surface area (Å²) in [5.74, 6) is -0.364. The summed E-state index contributed by atoms with van der Waals surface area (Å²) in [6.07, 6.45) is 3.58.